The van der Waals surface area contributed by atoms with Gasteiger partial charge in [-0.2, -0.15) is 5.10 Å². The van der Waals surface area contributed by atoms with Crippen LogP contribution < -0.4 is 10.7 Å². The Morgan fingerprint density at radius 1 is 1.47 bits per heavy atom. The normalized spacial score (nSPS) is 12.4. The maximum absolute atomic E-state index is 12.9. The Balaban J connectivity index is 2.45. The van der Waals surface area contributed by atoms with Crippen LogP contribution in [-0.4, -0.2) is 31.1 Å². The van der Waals surface area contributed by atoms with Crippen LogP contribution in [0.1, 0.15) is 12.5 Å². The van der Waals surface area contributed by atoms with Crippen LogP contribution in [-0.2, 0) is 4.74 Å². The molecule has 1 atom stereocenters. The van der Waals surface area contributed by atoms with E-state index in [0.717, 1.165) is 12.1 Å². The van der Waals surface area contributed by atoms with Crippen LogP contribution in [0.25, 0.3) is 0 Å². The van der Waals surface area contributed by atoms with Crippen molar-refractivity contribution in [3.8, 4) is 0 Å². The number of hydrazone groups is 1. The molecule has 19 heavy (non-hydrogen) atoms. The van der Waals surface area contributed by atoms with Crippen LogP contribution in [0, 0.1) is 11.6 Å². The Hall–Kier alpha value is -1.60. The lowest BCUT2D eigenvalue weighted by Gasteiger charge is -2.13. The van der Waals surface area contributed by atoms with E-state index in [1.165, 1.54) is 12.3 Å². The molecule has 2 N–H and O–H groups in total. The van der Waals surface area contributed by atoms with Crippen molar-refractivity contribution < 1.29 is 13.5 Å². The minimum absolute atomic E-state index is 0.0449. The second-order valence-corrected chi connectivity index (χ2v) is 4.28. The molecular formula is C12H15F2N3OS. The highest BCUT2D eigenvalue weighted by Gasteiger charge is 2.02. The van der Waals surface area contributed by atoms with Crippen LogP contribution in [0.3, 0.4) is 0 Å². The highest BCUT2D eigenvalue weighted by atomic mass is 32.1. The summed E-state index contributed by atoms with van der Waals surface area (Å²) in [6.07, 6.45) is 1.34. The first kappa shape index (κ1) is 15.5. The molecule has 0 radical (unpaired) electrons. The summed E-state index contributed by atoms with van der Waals surface area (Å²) in [5.41, 5.74) is 3.00. The molecule has 0 heterocycles. The first-order valence-electron chi connectivity index (χ1n) is 5.56. The van der Waals surface area contributed by atoms with Gasteiger partial charge in [0.1, 0.15) is 0 Å². The number of halogens is 2. The summed E-state index contributed by atoms with van der Waals surface area (Å²) in [6.45, 7) is 2.41. The summed E-state index contributed by atoms with van der Waals surface area (Å²) in [4.78, 5) is 0. The van der Waals surface area contributed by atoms with E-state index < -0.39 is 11.6 Å². The summed E-state index contributed by atoms with van der Waals surface area (Å²) >= 11 is 4.98. The van der Waals surface area contributed by atoms with Crippen molar-refractivity contribution in [1.29, 1.82) is 0 Å². The highest BCUT2D eigenvalue weighted by molar-refractivity contribution is 7.80. The van der Waals surface area contributed by atoms with Gasteiger partial charge in [0.15, 0.2) is 16.7 Å². The fourth-order valence-electron chi connectivity index (χ4n) is 1.31. The van der Waals surface area contributed by atoms with E-state index in [1.807, 2.05) is 6.92 Å². The molecule has 0 aliphatic rings. The van der Waals surface area contributed by atoms with Gasteiger partial charge in [-0.3, -0.25) is 5.43 Å². The van der Waals surface area contributed by atoms with Crippen molar-refractivity contribution in [3.05, 3.63) is 35.4 Å². The van der Waals surface area contributed by atoms with Crippen LogP contribution in [0.2, 0.25) is 0 Å². The zero-order valence-electron chi connectivity index (χ0n) is 10.6. The highest BCUT2D eigenvalue weighted by Crippen LogP contribution is 2.06. The zero-order chi connectivity index (χ0) is 14.3. The fourth-order valence-corrected chi connectivity index (χ4v) is 1.56. The van der Waals surface area contributed by atoms with Crippen molar-refractivity contribution in [3.63, 3.8) is 0 Å². The second kappa shape index (κ2) is 7.75. The lowest BCUT2D eigenvalue weighted by molar-refractivity contribution is 0.179. The van der Waals surface area contributed by atoms with E-state index in [1.54, 1.807) is 7.11 Å². The van der Waals surface area contributed by atoms with Crippen molar-refractivity contribution >= 4 is 23.5 Å². The molecule has 1 aromatic rings. The van der Waals surface area contributed by atoms with Gasteiger partial charge in [-0.25, -0.2) is 8.78 Å². The SMILES string of the molecule is COC[C@@H](C)NC(=S)N/N=C\c1ccc(F)c(F)c1. The monoisotopic (exact) mass is 287 g/mol. The second-order valence-electron chi connectivity index (χ2n) is 3.87. The fraction of sp³-hybridized carbons (Fsp3) is 0.333. The summed E-state index contributed by atoms with van der Waals surface area (Å²) in [7, 11) is 1.59. The van der Waals surface area contributed by atoms with Gasteiger partial charge in [0.25, 0.3) is 0 Å². The maximum Gasteiger partial charge on any atom is 0.187 e. The minimum atomic E-state index is -0.918. The molecule has 0 aromatic heterocycles. The number of nitrogens with one attached hydrogen (secondary N) is 2. The van der Waals surface area contributed by atoms with E-state index in [0.29, 0.717) is 17.3 Å². The predicted octanol–water partition coefficient (Wildman–Crippen LogP) is 1.80. The molecule has 0 amide bonds. The molecular weight excluding hydrogens is 272 g/mol. The molecule has 0 spiro atoms. The number of hydrogen-bond acceptors (Lipinski definition) is 3. The molecule has 7 heteroatoms. The van der Waals surface area contributed by atoms with Crippen molar-refractivity contribution in [2.75, 3.05) is 13.7 Å². The predicted molar refractivity (Wildman–Crippen MR) is 74.2 cm³/mol. The third kappa shape index (κ3) is 5.71. The minimum Gasteiger partial charge on any atom is -0.383 e. The summed E-state index contributed by atoms with van der Waals surface area (Å²) < 4.78 is 30.5. The number of hydrogen-bond donors (Lipinski definition) is 2. The average molecular weight is 287 g/mol. The number of ether oxygens (including phenoxy) is 1. The Morgan fingerprint density at radius 2 is 2.21 bits per heavy atom. The largest absolute Gasteiger partial charge is 0.383 e. The number of nitrogens with zero attached hydrogens (tertiary/aromatic N) is 1. The lowest BCUT2D eigenvalue weighted by atomic mass is 10.2. The first-order chi connectivity index (χ1) is 9.02. The smallest absolute Gasteiger partial charge is 0.187 e. The molecule has 1 aromatic carbocycles. The Morgan fingerprint density at radius 3 is 2.84 bits per heavy atom. The molecule has 0 fully saturated rings. The molecule has 0 aliphatic heterocycles. The summed E-state index contributed by atoms with van der Waals surface area (Å²) in [6, 6.07) is 3.54. The molecule has 0 bridgehead atoms. The zero-order valence-corrected chi connectivity index (χ0v) is 11.4. The van der Waals surface area contributed by atoms with Gasteiger partial charge in [0.05, 0.1) is 12.8 Å². The van der Waals surface area contributed by atoms with Crippen LogP contribution in [0.15, 0.2) is 23.3 Å². The van der Waals surface area contributed by atoms with Crippen LogP contribution >= 0.6 is 12.2 Å². The van der Waals surface area contributed by atoms with E-state index in [4.69, 9.17) is 17.0 Å². The van der Waals surface area contributed by atoms with Gasteiger partial charge >= 0.3 is 0 Å². The number of methoxy groups -OCH3 is 1. The van der Waals surface area contributed by atoms with E-state index in [9.17, 15) is 8.78 Å². The third-order valence-electron chi connectivity index (χ3n) is 2.12. The Kier molecular flexibility index (Phi) is 6.31. The van der Waals surface area contributed by atoms with Gasteiger partial charge in [0.2, 0.25) is 0 Å². The number of thiocarbonyl (C=S) groups is 1. The van der Waals surface area contributed by atoms with Gasteiger partial charge in [-0.05, 0) is 36.8 Å². The topological polar surface area (TPSA) is 45.6 Å². The first-order valence-corrected chi connectivity index (χ1v) is 5.97. The maximum atomic E-state index is 12.9. The summed E-state index contributed by atoms with van der Waals surface area (Å²) in [5, 5.41) is 7.07. The molecule has 104 valence electrons. The van der Waals surface area contributed by atoms with Crippen molar-refractivity contribution in [1.82, 2.24) is 10.7 Å². The molecule has 0 aliphatic carbocycles. The van der Waals surface area contributed by atoms with Crippen molar-refractivity contribution in [2.45, 2.75) is 13.0 Å². The lowest BCUT2D eigenvalue weighted by Crippen LogP contribution is -2.40. The quantitative estimate of drug-likeness (QED) is 0.492. The molecule has 0 saturated heterocycles. The van der Waals surface area contributed by atoms with Gasteiger partial charge in [-0.1, -0.05) is 6.07 Å². The summed E-state index contributed by atoms with van der Waals surface area (Å²) in [5.74, 6) is -1.81. The average Bonchev–Trinajstić information content (AvgIpc) is 2.34. The van der Waals surface area contributed by atoms with Gasteiger partial charge < -0.3 is 10.1 Å². The van der Waals surface area contributed by atoms with Crippen molar-refractivity contribution in [2.24, 2.45) is 5.10 Å². The van der Waals surface area contributed by atoms with Crippen LogP contribution in [0.4, 0.5) is 8.78 Å². The number of rotatable bonds is 5. The van der Waals surface area contributed by atoms with E-state index in [2.05, 4.69) is 15.8 Å². The Bertz CT molecular complexity index is 468. The Labute approximate surface area is 115 Å². The molecule has 4 nitrogen and oxygen atoms in total. The molecule has 0 unspecified atom stereocenters. The van der Waals surface area contributed by atoms with Crippen LogP contribution in [0.5, 0.6) is 0 Å². The number of benzene rings is 1. The third-order valence-corrected chi connectivity index (χ3v) is 2.33. The standard InChI is InChI=1S/C12H15F2N3OS/c1-8(7-18-2)16-12(19)17-15-6-9-3-4-10(13)11(14)5-9/h3-6,8H,7H2,1-2H3,(H2,16,17,19)/b15-6-/t8-/m1/s1. The molecule has 1 rings (SSSR count). The van der Waals surface area contributed by atoms with Gasteiger partial charge in [0, 0.05) is 13.2 Å². The van der Waals surface area contributed by atoms with E-state index in [-0.39, 0.29) is 6.04 Å². The van der Waals surface area contributed by atoms with Gasteiger partial charge in [-0.15, -0.1) is 0 Å². The molecule has 0 saturated carbocycles. The van der Waals surface area contributed by atoms with E-state index >= 15 is 0 Å².